The summed E-state index contributed by atoms with van der Waals surface area (Å²) in [6, 6.07) is 0. The van der Waals surface area contributed by atoms with E-state index in [-0.39, 0.29) is 17.6 Å². The minimum atomic E-state index is -0.371. The molecule has 1 aromatic heterocycles. The van der Waals surface area contributed by atoms with E-state index in [0.29, 0.717) is 17.3 Å². The number of thioether (sulfide) groups is 1. The standard InChI is InChI=1S/C7H10N4O2S2/c8-5(12)3-14-2-1-6(13)10-7-11-9-4-15-7/h4H,1-3H2,(H2,8,12)(H,10,11,13). The van der Waals surface area contributed by atoms with Gasteiger partial charge in [-0.15, -0.1) is 10.2 Å². The van der Waals surface area contributed by atoms with E-state index >= 15 is 0 Å². The van der Waals surface area contributed by atoms with E-state index < -0.39 is 0 Å². The van der Waals surface area contributed by atoms with Gasteiger partial charge in [0.05, 0.1) is 5.75 Å². The summed E-state index contributed by atoms with van der Waals surface area (Å²) in [7, 11) is 0. The predicted molar refractivity (Wildman–Crippen MR) is 59.7 cm³/mol. The number of hydrogen-bond acceptors (Lipinski definition) is 6. The number of amides is 2. The Morgan fingerprint density at radius 3 is 3.00 bits per heavy atom. The van der Waals surface area contributed by atoms with E-state index in [1.807, 2.05) is 0 Å². The van der Waals surface area contributed by atoms with Crippen LogP contribution < -0.4 is 11.1 Å². The Balaban J connectivity index is 2.11. The first-order valence-corrected chi connectivity index (χ1v) is 6.14. The van der Waals surface area contributed by atoms with Gasteiger partial charge in [-0.05, 0) is 0 Å². The van der Waals surface area contributed by atoms with E-state index in [0.717, 1.165) is 0 Å². The Bertz CT molecular complexity index is 328. The van der Waals surface area contributed by atoms with Crippen LogP contribution in [0.15, 0.2) is 5.51 Å². The highest BCUT2D eigenvalue weighted by Crippen LogP contribution is 2.09. The van der Waals surface area contributed by atoms with Crippen molar-refractivity contribution in [3.8, 4) is 0 Å². The molecule has 1 aromatic rings. The predicted octanol–water partition coefficient (Wildman–Crippen LogP) is 0.0852. The van der Waals surface area contributed by atoms with Gasteiger partial charge in [0.15, 0.2) is 0 Å². The molecule has 0 aliphatic heterocycles. The summed E-state index contributed by atoms with van der Waals surface area (Å²) in [5, 5.41) is 10.3. The lowest BCUT2D eigenvalue weighted by Crippen LogP contribution is -2.15. The Labute approximate surface area is 94.6 Å². The van der Waals surface area contributed by atoms with Gasteiger partial charge in [0.1, 0.15) is 5.51 Å². The van der Waals surface area contributed by atoms with Gasteiger partial charge in [0, 0.05) is 12.2 Å². The number of carbonyl (C=O) groups is 2. The molecule has 1 rings (SSSR count). The molecule has 0 bridgehead atoms. The summed E-state index contributed by atoms with van der Waals surface area (Å²) in [5.41, 5.74) is 6.48. The third-order valence-electron chi connectivity index (χ3n) is 1.32. The normalized spacial score (nSPS) is 9.87. The second-order valence-corrected chi connectivity index (χ2v) is 4.50. The van der Waals surface area contributed by atoms with Crippen molar-refractivity contribution in [3.05, 3.63) is 5.51 Å². The molecular weight excluding hydrogens is 236 g/mol. The third kappa shape index (κ3) is 5.33. The lowest BCUT2D eigenvalue weighted by molar-refractivity contribution is -0.116. The van der Waals surface area contributed by atoms with Crippen LogP contribution in [-0.2, 0) is 9.59 Å². The summed E-state index contributed by atoms with van der Waals surface area (Å²) in [6.07, 6.45) is 0.331. The smallest absolute Gasteiger partial charge is 0.227 e. The Morgan fingerprint density at radius 1 is 1.60 bits per heavy atom. The molecule has 3 N–H and O–H groups in total. The Morgan fingerprint density at radius 2 is 2.40 bits per heavy atom. The topological polar surface area (TPSA) is 98.0 Å². The van der Waals surface area contributed by atoms with E-state index in [2.05, 4.69) is 15.5 Å². The second-order valence-electron chi connectivity index (χ2n) is 2.56. The molecule has 0 atom stereocenters. The maximum absolute atomic E-state index is 11.3. The van der Waals surface area contributed by atoms with Gasteiger partial charge >= 0.3 is 0 Å². The van der Waals surface area contributed by atoms with Crippen LogP contribution in [0.4, 0.5) is 5.13 Å². The zero-order chi connectivity index (χ0) is 11.1. The van der Waals surface area contributed by atoms with Gasteiger partial charge in [0.2, 0.25) is 16.9 Å². The average Bonchev–Trinajstić information content (AvgIpc) is 2.64. The third-order valence-corrected chi connectivity index (χ3v) is 2.91. The van der Waals surface area contributed by atoms with Crippen LogP contribution >= 0.6 is 23.1 Å². The molecule has 0 aliphatic carbocycles. The van der Waals surface area contributed by atoms with E-state index in [1.165, 1.54) is 28.6 Å². The van der Waals surface area contributed by atoms with Crippen LogP contribution in [0.1, 0.15) is 6.42 Å². The molecule has 0 spiro atoms. The fourth-order valence-electron chi connectivity index (χ4n) is 0.747. The van der Waals surface area contributed by atoms with Crippen LogP contribution in [0.25, 0.3) is 0 Å². The van der Waals surface area contributed by atoms with Gasteiger partial charge in [-0.2, -0.15) is 11.8 Å². The molecule has 0 radical (unpaired) electrons. The maximum Gasteiger partial charge on any atom is 0.227 e. The summed E-state index contributed by atoms with van der Waals surface area (Å²) in [4.78, 5) is 21.6. The molecule has 0 aliphatic rings. The number of carbonyl (C=O) groups excluding carboxylic acids is 2. The summed E-state index contributed by atoms with van der Waals surface area (Å²) < 4.78 is 0. The fraction of sp³-hybridized carbons (Fsp3) is 0.429. The van der Waals surface area contributed by atoms with Crippen molar-refractivity contribution in [1.82, 2.24) is 10.2 Å². The number of nitrogens with two attached hydrogens (primary N) is 1. The zero-order valence-electron chi connectivity index (χ0n) is 7.80. The molecular formula is C7H10N4O2S2. The van der Waals surface area contributed by atoms with E-state index in [9.17, 15) is 9.59 Å². The minimum Gasteiger partial charge on any atom is -0.369 e. The second kappa shape index (κ2) is 6.36. The quantitative estimate of drug-likeness (QED) is 0.693. The van der Waals surface area contributed by atoms with Crippen LogP contribution in [0.3, 0.4) is 0 Å². The highest BCUT2D eigenvalue weighted by Gasteiger charge is 2.04. The van der Waals surface area contributed by atoms with Crippen molar-refractivity contribution in [2.24, 2.45) is 5.73 Å². The highest BCUT2D eigenvalue weighted by molar-refractivity contribution is 7.99. The van der Waals surface area contributed by atoms with Gasteiger partial charge in [-0.1, -0.05) is 11.3 Å². The molecule has 0 aromatic carbocycles. The largest absolute Gasteiger partial charge is 0.369 e. The van der Waals surface area contributed by atoms with Gasteiger partial charge < -0.3 is 11.1 Å². The molecule has 82 valence electrons. The highest BCUT2D eigenvalue weighted by atomic mass is 32.2. The van der Waals surface area contributed by atoms with E-state index in [4.69, 9.17) is 5.73 Å². The van der Waals surface area contributed by atoms with Crippen molar-refractivity contribution in [3.63, 3.8) is 0 Å². The minimum absolute atomic E-state index is 0.135. The summed E-state index contributed by atoms with van der Waals surface area (Å²) in [6.45, 7) is 0. The number of anilines is 1. The van der Waals surface area contributed by atoms with Gasteiger partial charge in [-0.25, -0.2) is 0 Å². The van der Waals surface area contributed by atoms with Crippen molar-refractivity contribution in [1.29, 1.82) is 0 Å². The van der Waals surface area contributed by atoms with Crippen LogP contribution in [-0.4, -0.2) is 33.5 Å². The monoisotopic (exact) mass is 246 g/mol. The number of rotatable bonds is 6. The van der Waals surface area contributed by atoms with Crippen LogP contribution in [0.5, 0.6) is 0 Å². The lowest BCUT2D eigenvalue weighted by atomic mass is 10.5. The first-order valence-electron chi connectivity index (χ1n) is 4.10. The number of nitrogens with one attached hydrogen (secondary N) is 1. The number of hydrogen-bond donors (Lipinski definition) is 2. The first kappa shape index (κ1) is 11.9. The van der Waals surface area contributed by atoms with Gasteiger partial charge in [0.25, 0.3) is 0 Å². The summed E-state index contributed by atoms with van der Waals surface area (Å²) >= 11 is 2.59. The molecule has 1 heterocycles. The first-order chi connectivity index (χ1) is 7.18. The molecule has 0 saturated carbocycles. The molecule has 0 saturated heterocycles. The molecule has 15 heavy (non-hydrogen) atoms. The molecule has 8 heteroatoms. The van der Waals surface area contributed by atoms with E-state index in [1.54, 1.807) is 0 Å². The van der Waals surface area contributed by atoms with Crippen molar-refractivity contribution in [2.45, 2.75) is 6.42 Å². The fourth-order valence-corrected chi connectivity index (χ4v) is 1.88. The molecule has 6 nitrogen and oxygen atoms in total. The Hall–Kier alpha value is -1.15. The summed E-state index contributed by atoms with van der Waals surface area (Å²) in [5.74, 6) is 0.299. The number of nitrogens with zero attached hydrogens (tertiary/aromatic N) is 2. The van der Waals surface area contributed by atoms with Crippen molar-refractivity contribution < 1.29 is 9.59 Å². The maximum atomic E-state index is 11.3. The zero-order valence-corrected chi connectivity index (χ0v) is 9.44. The van der Waals surface area contributed by atoms with Crippen LogP contribution in [0, 0.1) is 0 Å². The molecule has 0 fully saturated rings. The molecule has 2 amide bonds. The SMILES string of the molecule is NC(=O)CSCCC(=O)Nc1nncs1. The van der Waals surface area contributed by atoms with Crippen molar-refractivity contribution in [2.75, 3.05) is 16.8 Å². The Kier molecular flexibility index (Phi) is 5.05. The number of aromatic nitrogens is 2. The average molecular weight is 246 g/mol. The van der Waals surface area contributed by atoms with Crippen LogP contribution in [0.2, 0.25) is 0 Å². The van der Waals surface area contributed by atoms with Gasteiger partial charge in [-0.3, -0.25) is 9.59 Å². The number of primary amides is 1. The van der Waals surface area contributed by atoms with Crippen molar-refractivity contribution >= 4 is 40.0 Å². The lowest BCUT2D eigenvalue weighted by Gasteiger charge is -1.99. The molecule has 0 unspecified atom stereocenters.